The Hall–Kier alpha value is -1.65. The Balaban J connectivity index is 3.23. The lowest BCUT2D eigenvalue weighted by atomic mass is 10.3. The summed E-state index contributed by atoms with van der Waals surface area (Å²) in [5.41, 5.74) is 1.40. The fraction of sp³-hybridized carbons (Fsp3) is 0.375. The molecule has 5 heteroatoms. The van der Waals surface area contributed by atoms with E-state index < -0.39 is 0 Å². The van der Waals surface area contributed by atoms with Crippen molar-refractivity contribution in [2.45, 2.75) is 0 Å². The first-order valence-corrected chi connectivity index (χ1v) is 3.99. The standard InChI is InChI=1S/C8H14N4O/c1-9-5-4-12-8(11-3)7(13)6(5)10-2/h4,9,13H,1-3H3,(H2,10,11,12). The van der Waals surface area contributed by atoms with Crippen molar-refractivity contribution >= 4 is 17.2 Å². The van der Waals surface area contributed by atoms with Crippen molar-refractivity contribution in [2.24, 2.45) is 0 Å². The van der Waals surface area contributed by atoms with Gasteiger partial charge < -0.3 is 21.1 Å². The maximum absolute atomic E-state index is 9.67. The van der Waals surface area contributed by atoms with Gasteiger partial charge in [0.2, 0.25) is 0 Å². The van der Waals surface area contributed by atoms with Crippen LogP contribution in [-0.4, -0.2) is 31.2 Å². The van der Waals surface area contributed by atoms with E-state index in [4.69, 9.17) is 0 Å². The number of anilines is 3. The van der Waals surface area contributed by atoms with Gasteiger partial charge in [-0.25, -0.2) is 4.98 Å². The quantitative estimate of drug-likeness (QED) is 0.559. The molecule has 0 amide bonds. The lowest BCUT2D eigenvalue weighted by molar-refractivity contribution is 0.478. The molecule has 0 aliphatic carbocycles. The van der Waals surface area contributed by atoms with Crippen LogP contribution in [0, 0.1) is 0 Å². The number of aromatic nitrogens is 1. The summed E-state index contributed by atoms with van der Waals surface area (Å²) in [6.45, 7) is 0. The Morgan fingerprint density at radius 3 is 2.31 bits per heavy atom. The zero-order chi connectivity index (χ0) is 9.84. The molecule has 1 heterocycles. The minimum absolute atomic E-state index is 0.122. The van der Waals surface area contributed by atoms with Crippen LogP contribution in [0.1, 0.15) is 0 Å². The molecule has 4 N–H and O–H groups in total. The first kappa shape index (κ1) is 9.44. The van der Waals surface area contributed by atoms with Crippen LogP contribution in [-0.2, 0) is 0 Å². The predicted octanol–water partition coefficient (Wildman–Crippen LogP) is 0.912. The molecule has 0 spiro atoms. The molecule has 1 rings (SSSR count). The predicted molar refractivity (Wildman–Crippen MR) is 54.5 cm³/mol. The van der Waals surface area contributed by atoms with Crippen molar-refractivity contribution in [1.82, 2.24) is 4.98 Å². The number of aromatic hydroxyl groups is 1. The highest BCUT2D eigenvalue weighted by atomic mass is 16.3. The van der Waals surface area contributed by atoms with E-state index in [1.165, 1.54) is 0 Å². The summed E-state index contributed by atoms with van der Waals surface area (Å²) in [7, 11) is 5.23. The molecule has 72 valence electrons. The van der Waals surface area contributed by atoms with Gasteiger partial charge in [0.05, 0.1) is 11.9 Å². The van der Waals surface area contributed by atoms with E-state index in [1.807, 2.05) is 0 Å². The molecule has 0 saturated heterocycles. The molecule has 0 unspecified atom stereocenters. The van der Waals surface area contributed by atoms with E-state index >= 15 is 0 Å². The normalized spacial score (nSPS) is 9.46. The van der Waals surface area contributed by atoms with Crippen molar-refractivity contribution in [3.8, 4) is 5.75 Å². The van der Waals surface area contributed by atoms with Crippen molar-refractivity contribution in [3.05, 3.63) is 6.20 Å². The van der Waals surface area contributed by atoms with E-state index in [2.05, 4.69) is 20.9 Å². The SMILES string of the molecule is CNc1cnc(NC)c(O)c1NC. The Bertz CT molecular complexity index is 300. The van der Waals surface area contributed by atoms with Crippen LogP contribution in [0.25, 0.3) is 0 Å². The Kier molecular flexibility index (Phi) is 2.79. The third kappa shape index (κ3) is 1.58. The van der Waals surface area contributed by atoms with E-state index in [-0.39, 0.29) is 5.75 Å². The van der Waals surface area contributed by atoms with E-state index in [9.17, 15) is 5.11 Å². The van der Waals surface area contributed by atoms with Gasteiger partial charge in [0.15, 0.2) is 11.6 Å². The number of hydrogen-bond donors (Lipinski definition) is 4. The summed E-state index contributed by atoms with van der Waals surface area (Å²) in [5, 5.41) is 18.3. The minimum atomic E-state index is 0.122. The van der Waals surface area contributed by atoms with Gasteiger partial charge in [-0.2, -0.15) is 0 Å². The maximum Gasteiger partial charge on any atom is 0.183 e. The molecular formula is C8H14N4O. The first-order chi connectivity index (χ1) is 6.24. The van der Waals surface area contributed by atoms with Gasteiger partial charge in [0, 0.05) is 21.1 Å². The summed E-state index contributed by atoms with van der Waals surface area (Å²) in [6, 6.07) is 0. The fourth-order valence-corrected chi connectivity index (χ4v) is 1.13. The molecule has 0 atom stereocenters. The smallest absolute Gasteiger partial charge is 0.183 e. The van der Waals surface area contributed by atoms with Gasteiger partial charge in [-0.15, -0.1) is 0 Å². The molecular weight excluding hydrogens is 168 g/mol. The molecule has 5 nitrogen and oxygen atoms in total. The van der Waals surface area contributed by atoms with Crippen molar-refractivity contribution in [2.75, 3.05) is 37.1 Å². The lowest BCUT2D eigenvalue weighted by Crippen LogP contribution is -2.01. The highest BCUT2D eigenvalue weighted by molar-refractivity contribution is 5.79. The summed E-state index contributed by atoms with van der Waals surface area (Å²) in [5.74, 6) is 0.584. The Morgan fingerprint density at radius 2 is 1.85 bits per heavy atom. The van der Waals surface area contributed by atoms with Gasteiger partial charge in [-0.1, -0.05) is 0 Å². The lowest BCUT2D eigenvalue weighted by Gasteiger charge is -2.12. The van der Waals surface area contributed by atoms with Crippen LogP contribution in [0.4, 0.5) is 17.2 Å². The van der Waals surface area contributed by atoms with Crippen LogP contribution in [0.2, 0.25) is 0 Å². The number of rotatable bonds is 3. The Labute approximate surface area is 77.2 Å². The highest BCUT2D eigenvalue weighted by Crippen LogP contribution is 2.35. The molecule has 1 aromatic rings. The minimum Gasteiger partial charge on any atom is -0.503 e. The molecule has 0 radical (unpaired) electrons. The molecule has 0 saturated carbocycles. The van der Waals surface area contributed by atoms with Crippen molar-refractivity contribution in [3.63, 3.8) is 0 Å². The van der Waals surface area contributed by atoms with Gasteiger partial charge in [0.1, 0.15) is 5.69 Å². The molecule has 1 aromatic heterocycles. The van der Waals surface area contributed by atoms with E-state index in [0.29, 0.717) is 11.5 Å². The molecule has 0 aromatic carbocycles. The molecule has 0 fully saturated rings. The van der Waals surface area contributed by atoms with Crippen LogP contribution in [0.15, 0.2) is 6.20 Å². The van der Waals surface area contributed by atoms with E-state index in [0.717, 1.165) is 5.69 Å². The maximum atomic E-state index is 9.67. The van der Waals surface area contributed by atoms with Crippen LogP contribution >= 0.6 is 0 Å². The molecule has 13 heavy (non-hydrogen) atoms. The summed E-state index contributed by atoms with van der Waals surface area (Å²) in [4.78, 5) is 4.01. The van der Waals surface area contributed by atoms with Gasteiger partial charge >= 0.3 is 0 Å². The summed E-state index contributed by atoms with van der Waals surface area (Å²) in [6.07, 6.45) is 1.65. The van der Waals surface area contributed by atoms with Gasteiger partial charge in [-0.3, -0.25) is 0 Å². The Morgan fingerprint density at radius 1 is 1.15 bits per heavy atom. The van der Waals surface area contributed by atoms with E-state index in [1.54, 1.807) is 27.3 Å². The third-order valence-electron chi connectivity index (χ3n) is 1.81. The van der Waals surface area contributed by atoms with Crippen molar-refractivity contribution < 1.29 is 5.11 Å². The molecule has 0 aliphatic heterocycles. The van der Waals surface area contributed by atoms with Crippen LogP contribution in [0.3, 0.4) is 0 Å². The number of pyridine rings is 1. The monoisotopic (exact) mass is 182 g/mol. The highest BCUT2D eigenvalue weighted by Gasteiger charge is 2.10. The average molecular weight is 182 g/mol. The second kappa shape index (κ2) is 3.84. The number of nitrogens with one attached hydrogen (secondary N) is 3. The topological polar surface area (TPSA) is 69.2 Å². The van der Waals surface area contributed by atoms with Crippen LogP contribution in [0.5, 0.6) is 5.75 Å². The van der Waals surface area contributed by atoms with Gasteiger partial charge in [0.25, 0.3) is 0 Å². The average Bonchev–Trinajstić information content (AvgIpc) is 2.17. The number of nitrogens with zero attached hydrogens (tertiary/aromatic N) is 1. The number of hydrogen-bond acceptors (Lipinski definition) is 5. The third-order valence-corrected chi connectivity index (χ3v) is 1.81. The summed E-state index contributed by atoms with van der Waals surface area (Å²) < 4.78 is 0. The largest absolute Gasteiger partial charge is 0.503 e. The zero-order valence-corrected chi connectivity index (χ0v) is 7.97. The van der Waals surface area contributed by atoms with Gasteiger partial charge in [-0.05, 0) is 0 Å². The zero-order valence-electron chi connectivity index (χ0n) is 7.97. The summed E-state index contributed by atoms with van der Waals surface area (Å²) >= 11 is 0. The second-order valence-corrected chi connectivity index (χ2v) is 2.49. The molecule has 0 bridgehead atoms. The first-order valence-electron chi connectivity index (χ1n) is 3.99. The fourth-order valence-electron chi connectivity index (χ4n) is 1.13. The van der Waals surface area contributed by atoms with Crippen LogP contribution < -0.4 is 16.0 Å². The second-order valence-electron chi connectivity index (χ2n) is 2.49. The molecule has 0 aliphatic rings. The van der Waals surface area contributed by atoms with Crippen molar-refractivity contribution in [1.29, 1.82) is 0 Å².